The highest BCUT2D eigenvalue weighted by Crippen LogP contribution is 2.13. The molecule has 0 saturated carbocycles. The van der Waals surface area contributed by atoms with E-state index in [4.69, 9.17) is 0 Å². The van der Waals surface area contributed by atoms with Gasteiger partial charge >= 0.3 is 0 Å². The summed E-state index contributed by atoms with van der Waals surface area (Å²) in [5, 5.41) is 2.90. The van der Waals surface area contributed by atoms with Crippen LogP contribution in [0.4, 0.5) is 5.95 Å². The van der Waals surface area contributed by atoms with E-state index >= 15 is 0 Å². The summed E-state index contributed by atoms with van der Waals surface area (Å²) in [5.74, 6) is 0.407. The quantitative estimate of drug-likeness (QED) is 0.830. The van der Waals surface area contributed by atoms with E-state index in [-0.39, 0.29) is 11.4 Å². The normalized spacial score (nSPS) is 11.5. The first-order chi connectivity index (χ1) is 9.53. The molecule has 0 amide bonds. The van der Waals surface area contributed by atoms with Gasteiger partial charge in [-0.15, -0.1) is 11.3 Å². The highest BCUT2D eigenvalue weighted by molar-refractivity contribution is 7.89. The van der Waals surface area contributed by atoms with E-state index in [2.05, 4.69) is 25.0 Å². The van der Waals surface area contributed by atoms with Crippen molar-refractivity contribution < 1.29 is 8.42 Å². The molecule has 2 aromatic rings. The Hall–Kier alpha value is -1.58. The van der Waals surface area contributed by atoms with Crippen LogP contribution in [0.1, 0.15) is 17.5 Å². The Balaban J connectivity index is 2.08. The maximum atomic E-state index is 12.1. The van der Waals surface area contributed by atoms with Gasteiger partial charge in [0.1, 0.15) is 4.90 Å². The summed E-state index contributed by atoms with van der Waals surface area (Å²) in [6.07, 6.45) is 2.57. The predicted molar refractivity (Wildman–Crippen MR) is 77.1 cm³/mol. The Morgan fingerprint density at radius 1 is 1.25 bits per heavy atom. The van der Waals surface area contributed by atoms with Crippen LogP contribution in [0.5, 0.6) is 0 Å². The lowest BCUT2D eigenvalue weighted by molar-refractivity contribution is 0.580. The van der Waals surface area contributed by atoms with Gasteiger partial charge < -0.3 is 5.32 Å². The van der Waals surface area contributed by atoms with Crippen molar-refractivity contribution >= 4 is 27.3 Å². The molecule has 0 radical (unpaired) electrons. The number of nitrogens with one attached hydrogen (secondary N) is 2. The first-order valence-corrected chi connectivity index (χ1v) is 8.33. The van der Waals surface area contributed by atoms with Crippen molar-refractivity contribution in [1.82, 2.24) is 19.7 Å². The van der Waals surface area contributed by atoms with E-state index in [1.165, 1.54) is 23.7 Å². The van der Waals surface area contributed by atoms with Crippen LogP contribution in [0.3, 0.4) is 0 Å². The number of hydrogen-bond donors (Lipinski definition) is 2. The highest BCUT2D eigenvalue weighted by Gasteiger charge is 2.16. The third kappa shape index (κ3) is 3.50. The van der Waals surface area contributed by atoms with Crippen molar-refractivity contribution in [2.45, 2.75) is 25.3 Å². The third-order valence-corrected chi connectivity index (χ3v) is 4.83. The minimum Gasteiger partial charge on any atom is -0.355 e. The van der Waals surface area contributed by atoms with Crippen LogP contribution in [0.2, 0.25) is 0 Å². The molecule has 0 unspecified atom stereocenters. The molecule has 0 fully saturated rings. The summed E-state index contributed by atoms with van der Waals surface area (Å²) in [5.41, 5.74) is 2.52. The van der Waals surface area contributed by atoms with Crippen molar-refractivity contribution in [3.63, 3.8) is 0 Å². The Kier molecular flexibility index (Phi) is 4.63. The van der Waals surface area contributed by atoms with Gasteiger partial charge in [-0.25, -0.2) is 28.1 Å². The molecule has 0 saturated heterocycles. The lowest BCUT2D eigenvalue weighted by Crippen LogP contribution is -2.23. The van der Waals surface area contributed by atoms with Gasteiger partial charge in [0.15, 0.2) is 0 Å². The van der Waals surface area contributed by atoms with Crippen LogP contribution in [0.15, 0.2) is 22.8 Å². The van der Waals surface area contributed by atoms with E-state index in [0.717, 1.165) is 10.6 Å². The fraction of sp³-hybridized carbons (Fsp3) is 0.364. The van der Waals surface area contributed by atoms with Gasteiger partial charge in [-0.1, -0.05) is 0 Å². The smallest absolute Gasteiger partial charge is 0.243 e. The molecule has 2 rings (SSSR count). The second kappa shape index (κ2) is 6.25. The number of nitrogens with zero attached hydrogens (tertiary/aromatic N) is 3. The maximum Gasteiger partial charge on any atom is 0.243 e. The largest absolute Gasteiger partial charge is 0.355 e. The summed E-state index contributed by atoms with van der Waals surface area (Å²) >= 11 is 1.42. The van der Waals surface area contributed by atoms with Crippen molar-refractivity contribution in [3.05, 3.63) is 28.5 Å². The molecule has 0 aliphatic rings. The average Bonchev–Trinajstić information content (AvgIpc) is 2.83. The zero-order valence-electron chi connectivity index (χ0n) is 11.1. The molecule has 2 aromatic heterocycles. The van der Waals surface area contributed by atoms with Gasteiger partial charge in [0, 0.05) is 18.0 Å². The van der Waals surface area contributed by atoms with Gasteiger partial charge in [0.25, 0.3) is 0 Å². The van der Waals surface area contributed by atoms with Crippen molar-refractivity contribution in [2.75, 3.05) is 11.9 Å². The van der Waals surface area contributed by atoms with Crippen molar-refractivity contribution in [2.24, 2.45) is 0 Å². The molecule has 20 heavy (non-hydrogen) atoms. The SMILES string of the molecule is CCNc1ncc(S(=O)(=O)NCc2scnc2C)cn1. The van der Waals surface area contributed by atoms with Crippen LogP contribution in [-0.2, 0) is 16.6 Å². The summed E-state index contributed by atoms with van der Waals surface area (Å²) in [6, 6.07) is 0. The first kappa shape index (κ1) is 14.8. The van der Waals surface area contributed by atoms with Gasteiger partial charge in [-0.3, -0.25) is 0 Å². The van der Waals surface area contributed by atoms with Crippen molar-refractivity contribution in [1.29, 1.82) is 0 Å². The summed E-state index contributed by atoms with van der Waals surface area (Å²) in [4.78, 5) is 12.9. The number of aromatic nitrogens is 3. The lowest BCUT2D eigenvalue weighted by atomic mass is 10.4. The second-order valence-corrected chi connectivity index (χ2v) is 6.66. The number of thiazole rings is 1. The van der Waals surface area contributed by atoms with E-state index in [0.29, 0.717) is 12.5 Å². The fourth-order valence-corrected chi connectivity index (χ4v) is 3.14. The molecule has 2 heterocycles. The van der Waals surface area contributed by atoms with E-state index < -0.39 is 10.0 Å². The molecule has 9 heteroatoms. The first-order valence-electron chi connectivity index (χ1n) is 5.97. The number of anilines is 1. The second-order valence-electron chi connectivity index (χ2n) is 3.96. The number of aryl methyl sites for hydroxylation is 1. The molecular formula is C11H15N5O2S2. The van der Waals surface area contributed by atoms with Crippen LogP contribution >= 0.6 is 11.3 Å². The Bertz CT molecular complexity index is 666. The van der Waals surface area contributed by atoms with Crippen LogP contribution in [0.25, 0.3) is 0 Å². The molecular weight excluding hydrogens is 298 g/mol. The van der Waals surface area contributed by atoms with E-state index in [1.807, 2.05) is 13.8 Å². The van der Waals surface area contributed by atoms with Gasteiger partial charge in [0.2, 0.25) is 16.0 Å². The van der Waals surface area contributed by atoms with E-state index in [1.54, 1.807) is 5.51 Å². The Morgan fingerprint density at radius 2 is 1.95 bits per heavy atom. The van der Waals surface area contributed by atoms with Crippen molar-refractivity contribution in [3.8, 4) is 0 Å². The standard InChI is InChI=1S/C11H15N5O2S2/c1-3-12-11-13-4-9(5-14-11)20(17,18)16-6-10-8(2)15-7-19-10/h4-5,7,16H,3,6H2,1-2H3,(H,12,13,14). The number of sulfonamides is 1. The molecule has 7 nitrogen and oxygen atoms in total. The predicted octanol–water partition coefficient (Wildman–Crippen LogP) is 1.15. The van der Waals surface area contributed by atoms with Gasteiger partial charge in [-0.2, -0.15) is 0 Å². The zero-order chi connectivity index (χ0) is 14.6. The monoisotopic (exact) mass is 313 g/mol. The van der Waals surface area contributed by atoms with Crippen LogP contribution in [-0.4, -0.2) is 29.9 Å². The highest BCUT2D eigenvalue weighted by atomic mass is 32.2. The van der Waals surface area contributed by atoms with Gasteiger partial charge in [-0.05, 0) is 13.8 Å². The molecule has 0 aliphatic carbocycles. The van der Waals surface area contributed by atoms with Crippen LogP contribution in [0, 0.1) is 6.92 Å². The van der Waals surface area contributed by atoms with E-state index in [9.17, 15) is 8.42 Å². The Labute approximate surface area is 121 Å². The summed E-state index contributed by atoms with van der Waals surface area (Å²) in [6.45, 7) is 4.64. The minimum atomic E-state index is -3.61. The molecule has 0 spiro atoms. The number of rotatable bonds is 6. The fourth-order valence-electron chi connectivity index (χ4n) is 1.44. The topological polar surface area (TPSA) is 96.9 Å². The van der Waals surface area contributed by atoms with Crippen LogP contribution < -0.4 is 10.0 Å². The number of hydrogen-bond acceptors (Lipinski definition) is 7. The molecule has 0 bridgehead atoms. The summed E-state index contributed by atoms with van der Waals surface area (Å²) < 4.78 is 26.7. The Morgan fingerprint density at radius 3 is 2.50 bits per heavy atom. The molecule has 0 aliphatic heterocycles. The van der Waals surface area contributed by atoms with Gasteiger partial charge in [0.05, 0.1) is 23.6 Å². The average molecular weight is 313 g/mol. The lowest BCUT2D eigenvalue weighted by Gasteiger charge is -2.06. The zero-order valence-corrected chi connectivity index (χ0v) is 12.8. The molecule has 0 aromatic carbocycles. The molecule has 108 valence electrons. The molecule has 0 atom stereocenters. The minimum absolute atomic E-state index is 0.0429. The maximum absolute atomic E-state index is 12.1. The summed E-state index contributed by atoms with van der Waals surface area (Å²) in [7, 11) is -3.61. The molecule has 2 N–H and O–H groups in total. The third-order valence-electron chi connectivity index (χ3n) is 2.54.